The second-order valence-electron chi connectivity index (χ2n) is 6.98. The van der Waals surface area contributed by atoms with Gasteiger partial charge in [-0.3, -0.25) is 4.79 Å². The number of urea groups is 1. The summed E-state index contributed by atoms with van der Waals surface area (Å²) in [5.41, 5.74) is 0.506. The molecule has 0 radical (unpaired) electrons. The molecule has 1 saturated heterocycles. The Balaban J connectivity index is 1.47. The Morgan fingerprint density at radius 2 is 2.23 bits per heavy atom. The fraction of sp³-hybridized carbons (Fsp3) is 0.389. The van der Waals surface area contributed by atoms with Gasteiger partial charge in [-0.25, -0.2) is 9.48 Å². The fourth-order valence-electron chi connectivity index (χ4n) is 4.18. The number of aromatic nitrogens is 2. The number of anilines is 1. The Kier molecular flexibility index (Phi) is 4.11. The van der Waals surface area contributed by atoms with E-state index in [4.69, 9.17) is 11.6 Å². The summed E-state index contributed by atoms with van der Waals surface area (Å²) >= 11 is 6.30. The van der Waals surface area contributed by atoms with Crippen LogP contribution < -0.4 is 5.32 Å². The van der Waals surface area contributed by atoms with E-state index in [-0.39, 0.29) is 18.5 Å². The molecule has 0 unspecified atom stereocenters. The van der Waals surface area contributed by atoms with E-state index in [2.05, 4.69) is 10.4 Å². The standard InChI is InChI=1S/C18H19ClN4O3/c19-14-9-13(4-5-15(14)23-8-2-7-20-23)21-17(26)22-10-12-3-1-6-18(12,11-22)16(24)25/h2,4-5,7-9,12H,1,3,6,10-11H2,(H,21,26)(H,24,25)/t12-,18+/m0/s1. The van der Waals surface area contributed by atoms with E-state index in [0.29, 0.717) is 23.7 Å². The highest BCUT2D eigenvalue weighted by Crippen LogP contribution is 2.48. The minimum atomic E-state index is -0.790. The van der Waals surface area contributed by atoms with Crippen molar-refractivity contribution in [2.75, 3.05) is 18.4 Å². The average Bonchev–Trinajstić information content (AvgIpc) is 3.30. The number of amides is 2. The number of benzene rings is 1. The third-order valence-corrected chi connectivity index (χ3v) is 5.84. The summed E-state index contributed by atoms with van der Waals surface area (Å²) in [5, 5.41) is 17.1. The number of carboxylic acids is 1. The van der Waals surface area contributed by atoms with Crippen LogP contribution in [0.5, 0.6) is 0 Å². The van der Waals surface area contributed by atoms with Crippen LogP contribution in [0.4, 0.5) is 10.5 Å². The minimum absolute atomic E-state index is 0.0385. The minimum Gasteiger partial charge on any atom is -0.481 e. The molecule has 2 aromatic rings. The highest BCUT2D eigenvalue weighted by Gasteiger charge is 2.55. The SMILES string of the molecule is O=C(Nc1ccc(-n2cccn2)c(Cl)c1)N1C[C@@H]2CCC[C@@]2(C(=O)O)C1. The number of aliphatic carboxylic acids is 1. The topological polar surface area (TPSA) is 87.5 Å². The van der Waals surface area contributed by atoms with E-state index in [1.54, 1.807) is 46.2 Å². The van der Waals surface area contributed by atoms with Gasteiger partial charge in [0.25, 0.3) is 0 Å². The maximum absolute atomic E-state index is 12.6. The number of hydrogen-bond acceptors (Lipinski definition) is 3. The summed E-state index contributed by atoms with van der Waals surface area (Å²) < 4.78 is 1.65. The third-order valence-electron chi connectivity index (χ3n) is 5.53. The zero-order valence-electron chi connectivity index (χ0n) is 14.1. The van der Waals surface area contributed by atoms with Crippen molar-refractivity contribution in [2.24, 2.45) is 11.3 Å². The Morgan fingerprint density at radius 1 is 1.38 bits per heavy atom. The second kappa shape index (κ2) is 6.32. The quantitative estimate of drug-likeness (QED) is 0.863. The first-order valence-corrected chi connectivity index (χ1v) is 8.96. The first kappa shape index (κ1) is 16.9. The summed E-state index contributed by atoms with van der Waals surface area (Å²) in [6.07, 6.45) is 5.86. The predicted octanol–water partition coefficient (Wildman–Crippen LogP) is 3.24. The van der Waals surface area contributed by atoms with Gasteiger partial charge in [-0.05, 0) is 43.0 Å². The van der Waals surface area contributed by atoms with Gasteiger partial charge in [-0.2, -0.15) is 5.10 Å². The van der Waals surface area contributed by atoms with E-state index < -0.39 is 11.4 Å². The molecule has 4 rings (SSSR count). The molecule has 7 nitrogen and oxygen atoms in total. The number of carbonyl (C=O) groups is 2. The Labute approximate surface area is 155 Å². The molecule has 136 valence electrons. The molecule has 26 heavy (non-hydrogen) atoms. The summed E-state index contributed by atoms with van der Waals surface area (Å²) in [4.78, 5) is 25.9. The summed E-state index contributed by atoms with van der Waals surface area (Å²) in [6, 6.07) is 6.71. The number of halogens is 1. The average molecular weight is 375 g/mol. The maximum Gasteiger partial charge on any atom is 0.321 e. The Hall–Kier alpha value is -2.54. The van der Waals surface area contributed by atoms with E-state index in [0.717, 1.165) is 18.5 Å². The van der Waals surface area contributed by atoms with Crippen molar-refractivity contribution in [3.63, 3.8) is 0 Å². The third kappa shape index (κ3) is 2.72. The van der Waals surface area contributed by atoms with Crippen molar-refractivity contribution in [3.05, 3.63) is 41.7 Å². The first-order chi connectivity index (χ1) is 12.5. The van der Waals surface area contributed by atoms with Crippen molar-refractivity contribution in [3.8, 4) is 5.69 Å². The Bertz CT molecular complexity index is 854. The van der Waals surface area contributed by atoms with Crippen LogP contribution in [-0.2, 0) is 4.79 Å². The van der Waals surface area contributed by atoms with Gasteiger partial charge in [0.05, 0.1) is 16.1 Å². The first-order valence-electron chi connectivity index (χ1n) is 8.58. The van der Waals surface area contributed by atoms with Crippen LogP contribution in [0.2, 0.25) is 5.02 Å². The molecule has 2 N–H and O–H groups in total. The van der Waals surface area contributed by atoms with Crippen molar-refractivity contribution >= 4 is 29.3 Å². The number of nitrogens with zero attached hydrogens (tertiary/aromatic N) is 3. The van der Waals surface area contributed by atoms with E-state index in [1.165, 1.54) is 0 Å². The van der Waals surface area contributed by atoms with E-state index in [1.807, 2.05) is 0 Å². The molecule has 2 heterocycles. The number of carbonyl (C=O) groups excluding carboxylic acids is 1. The zero-order valence-corrected chi connectivity index (χ0v) is 14.8. The molecule has 2 aliphatic rings. The molecule has 2 fully saturated rings. The number of hydrogen-bond donors (Lipinski definition) is 2. The molecule has 0 spiro atoms. The summed E-state index contributed by atoms with van der Waals surface area (Å²) in [5.74, 6) is -0.751. The van der Waals surface area contributed by atoms with Gasteiger partial charge in [0.2, 0.25) is 0 Å². The predicted molar refractivity (Wildman–Crippen MR) is 96.6 cm³/mol. The molecule has 1 aliphatic heterocycles. The zero-order chi connectivity index (χ0) is 18.3. The molecule has 1 aromatic carbocycles. The van der Waals surface area contributed by atoms with Crippen LogP contribution in [0.1, 0.15) is 19.3 Å². The van der Waals surface area contributed by atoms with Gasteiger partial charge >= 0.3 is 12.0 Å². The molecule has 2 atom stereocenters. The van der Waals surface area contributed by atoms with Gasteiger partial charge < -0.3 is 15.3 Å². The highest BCUT2D eigenvalue weighted by atomic mass is 35.5. The van der Waals surface area contributed by atoms with Gasteiger partial charge in [-0.1, -0.05) is 18.0 Å². The number of carboxylic acid groups (broad SMARTS) is 1. The van der Waals surface area contributed by atoms with Crippen LogP contribution in [0.15, 0.2) is 36.7 Å². The van der Waals surface area contributed by atoms with E-state index in [9.17, 15) is 14.7 Å². The lowest BCUT2D eigenvalue weighted by Crippen LogP contribution is -2.38. The van der Waals surface area contributed by atoms with Crippen LogP contribution in [-0.4, -0.2) is 44.9 Å². The van der Waals surface area contributed by atoms with E-state index >= 15 is 0 Å². The fourth-order valence-corrected chi connectivity index (χ4v) is 4.45. The monoisotopic (exact) mass is 374 g/mol. The molecular formula is C18H19ClN4O3. The molecular weight excluding hydrogens is 356 g/mol. The molecule has 8 heteroatoms. The van der Waals surface area contributed by atoms with Crippen LogP contribution >= 0.6 is 11.6 Å². The lowest BCUT2D eigenvalue weighted by Gasteiger charge is -2.23. The largest absolute Gasteiger partial charge is 0.481 e. The molecule has 2 amide bonds. The lowest BCUT2D eigenvalue weighted by atomic mass is 9.81. The molecule has 1 saturated carbocycles. The maximum atomic E-state index is 12.6. The number of nitrogens with one attached hydrogen (secondary N) is 1. The normalized spacial score (nSPS) is 24.5. The lowest BCUT2D eigenvalue weighted by molar-refractivity contribution is -0.149. The summed E-state index contributed by atoms with van der Waals surface area (Å²) in [7, 11) is 0. The molecule has 1 aliphatic carbocycles. The van der Waals surface area contributed by atoms with Crippen LogP contribution in [0.3, 0.4) is 0 Å². The smallest absolute Gasteiger partial charge is 0.321 e. The van der Waals surface area contributed by atoms with Gasteiger partial charge in [0.1, 0.15) is 0 Å². The van der Waals surface area contributed by atoms with Gasteiger partial charge in [-0.15, -0.1) is 0 Å². The Morgan fingerprint density at radius 3 is 2.88 bits per heavy atom. The van der Waals surface area contributed by atoms with Gasteiger partial charge in [0.15, 0.2) is 0 Å². The summed E-state index contributed by atoms with van der Waals surface area (Å²) in [6.45, 7) is 0.745. The van der Waals surface area contributed by atoms with Crippen molar-refractivity contribution < 1.29 is 14.7 Å². The second-order valence-corrected chi connectivity index (χ2v) is 7.39. The number of likely N-dealkylation sites (tertiary alicyclic amines) is 1. The highest BCUT2D eigenvalue weighted by molar-refractivity contribution is 6.32. The van der Waals surface area contributed by atoms with Crippen molar-refractivity contribution in [1.82, 2.24) is 14.7 Å². The van der Waals surface area contributed by atoms with Crippen molar-refractivity contribution in [2.45, 2.75) is 19.3 Å². The van der Waals surface area contributed by atoms with Crippen LogP contribution in [0.25, 0.3) is 5.69 Å². The van der Waals surface area contributed by atoms with Gasteiger partial charge in [0, 0.05) is 31.2 Å². The van der Waals surface area contributed by atoms with Crippen molar-refractivity contribution in [1.29, 1.82) is 0 Å². The number of fused-ring (bicyclic) bond motifs is 1. The molecule has 1 aromatic heterocycles. The molecule has 0 bridgehead atoms. The van der Waals surface area contributed by atoms with Crippen LogP contribution in [0, 0.1) is 11.3 Å². The number of rotatable bonds is 3.